The zero-order valence-electron chi connectivity index (χ0n) is 7.40. The van der Waals surface area contributed by atoms with Crippen molar-refractivity contribution >= 4 is 0 Å². The van der Waals surface area contributed by atoms with E-state index in [9.17, 15) is 0 Å². The fraction of sp³-hybridized carbons (Fsp3) is 0.600. The number of likely N-dealkylation sites (tertiary alicyclic amines) is 1. The van der Waals surface area contributed by atoms with Crippen LogP contribution in [0.4, 0.5) is 0 Å². The van der Waals surface area contributed by atoms with Gasteiger partial charge < -0.3 is 4.90 Å². The van der Waals surface area contributed by atoms with E-state index in [4.69, 9.17) is 0 Å². The zero-order chi connectivity index (χ0) is 8.27. The first-order valence-corrected chi connectivity index (χ1v) is 4.30. The van der Waals surface area contributed by atoms with Crippen molar-refractivity contribution in [3.8, 4) is 0 Å². The quantitative estimate of drug-likeness (QED) is 0.514. The predicted molar refractivity (Wildman–Crippen MR) is 49.4 cm³/mol. The Kier molecular flexibility index (Phi) is 2.75. The Morgan fingerprint density at radius 3 is 2.64 bits per heavy atom. The van der Waals surface area contributed by atoms with Crippen LogP contribution in [-0.4, -0.2) is 18.5 Å². The molecule has 0 atom stereocenters. The smallest absolute Gasteiger partial charge is 0.0317 e. The first-order chi connectivity index (χ1) is 5.22. The van der Waals surface area contributed by atoms with Crippen LogP contribution < -0.4 is 0 Å². The van der Waals surface area contributed by atoms with Gasteiger partial charge in [-0.05, 0) is 24.8 Å². The Morgan fingerprint density at radius 2 is 1.91 bits per heavy atom. The van der Waals surface area contributed by atoms with Crippen molar-refractivity contribution in [1.29, 1.82) is 0 Å². The molecule has 1 fully saturated rings. The van der Waals surface area contributed by atoms with Crippen molar-refractivity contribution in [3.05, 3.63) is 24.4 Å². The molecule has 1 aliphatic rings. The standard InChI is InChI=1S/C10H17N/c1-9-7-5-4-6-8-11(3)10(9)2/h1-2,4-8H2,3H3. The van der Waals surface area contributed by atoms with Crippen LogP contribution in [0.3, 0.4) is 0 Å². The molecule has 0 radical (unpaired) electrons. The van der Waals surface area contributed by atoms with E-state index in [-0.39, 0.29) is 0 Å². The molecule has 0 spiro atoms. The van der Waals surface area contributed by atoms with E-state index in [1.54, 1.807) is 0 Å². The van der Waals surface area contributed by atoms with Crippen LogP contribution in [0.15, 0.2) is 24.4 Å². The Balaban J connectivity index is 2.56. The van der Waals surface area contributed by atoms with E-state index in [2.05, 4.69) is 25.1 Å². The third kappa shape index (κ3) is 2.11. The van der Waals surface area contributed by atoms with Gasteiger partial charge in [-0.15, -0.1) is 0 Å². The van der Waals surface area contributed by atoms with Gasteiger partial charge in [0, 0.05) is 19.3 Å². The lowest BCUT2D eigenvalue weighted by Gasteiger charge is -2.25. The molecule has 1 aliphatic heterocycles. The van der Waals surface area contributed by atoms with Gasteiger partial charge in [0.1, 0.15) is 0 Å². The molecular formula is C10H17N. The van der Waals surface area contributed by atoms with Gasteiger partial charge in [-0.2, -0.15) is 0 Å². The summed E-state index contributed by atoms with van der Waals surface area (Å²) in [6.45, 7) is 9.15. The minimum atomic E-state index is 1.13. The first kappa shape index (κ1) is 8.38. The highest BCUT2D eigenvalue weighted by Gasteiger charge is 2.08. The van der Waals surface area contributed by atoms with Crippen LogP contribution in [0.1, 0.15) is 25.7 Å². The summed E-state index contributed by atoms with van der Waals surface area (Å²) in [5, 5.41) is 0. The predicted octanol–water partition coefficient (Wildman–Crippen LogP) is 2.56. The summed E-state index contributed by atoms with van der Waals surface area (Å²) in [4.78, 5) is 2.21. The van der Waals surface area contributed by atoms with Crippen LogP contribution in [-0.2, 0) is 0 Å². The molecule has 0 aromatic carbocycles. The van der Waals surface area contributed by atoms with Crippen LogP contribution in [0, 0.1) is 0 Å². The van der Waals surface area contributed by atoms with E-state index in [0.717, 1.165) is 18.7 Å². The van der Waals surface area contributed by atoms with Crippen molar-refractivity contribution in [2.75, 3.05) is 13.6 Å². The van der Waals surface area contributed by atoms with Crippen molar-refractivity contribution in [2.45, 2.75) is 25.7 Å². The third-order valence-corrected chi connectivity index (χ3v) is 2.34. The normalized spacial score (nSPS) is 21.4. The molecule has 0 aromatic heterocycles. The molecule has 11 heavy (non-hydrogen) atoms. The van der Waals surface area contributed by atoms with Gasteiger partial charge >= 0.3 is 0 Å². The number of nitrogens with zero attached hydrogens (tertiary/aromatic N) is 1. The summed E-state index contributed by atoms with van der Waals surface area (Å²) in [5.74, 6) is 0. The number of hydrogen-bond acceptors (Lipinski definition) is 1. The van der Waals surface area contributed by atoms with Crippen molar-refractivity contribution < 1.29 is 0 Å². The first-order valence-electron chi connectivity index (χ1n) is 4.30. The number of likely N-dealkylation sites (N-methyl/N-ethyl adjacent to an activating group) is 1. The van der Waals surface area contributed by atoms with Gasteiger partial charge in [0.15, 0.2) is 0 Å². The SMILES string of the molecule is C=C1CCCCCN(C)C1=C. The van der Waals surface area contributed by atoms with Crippen molar-refractivity contribution in [3.63, 3.8) is 0 Å². The van der Waals surface area contributed by atoms with Crippen LogP contribution in [0.5, 0.6) is 0 Å². The summed E-state index contributed by atoms with van der Waals surface area (Å²) in [5.41, 5.74) is 2.34. The van der Waals surface area contributed by atoms with E-state index in [1.807, 2.05) is 0 Å². The highest BCUT2D eigenvalue weighted by Crippen LogP contribution is 2.20. The van der Waals surface area contributed by atoms with Gasteiger partial charge in [0.05, 0.1) is 0 Å². The fourth-order valence-corrected chi connectivity index (χ4v) is 1.41. The molecule has 0 aliphatic carbocycles. The molecule has 1 saturated heterocycles. The van der Waals surface area contributed by atoms with Gasteiger partial charge in [0.2, 0.25) is 0 Å². The molecule has 62 valence electrons. The fourth-order valence-electron chi connectivity index (χ4n) is 1.41. The number of hydrogen-bond donors (Lipinski definition) is 0. The molecule has 0 unspecified atom stereocenters. The van der Waals surface area contributed by atoms with Gasteiger partial charge in [-0.25, -0.2) is 0 Å². The van der Waals surface area contributed by atoms with Crippen molar-refractivity contribution in [1.82, 2.24) is 4.90 Å². The molecule has 0 saturated carbocycles. The number of rotatable bonds is 0. The summed E-state index contributed by atoms with van der Waals surface area (Å²) in [7, 11) is 2.10. The molecule has 1 heteroatoms. The highest BCUT2D eigenvalue weighted by atomic mass is 15.1. The van der Waals surface area contributed by atoms with Gasteiger partial charge in [-0.1, -0.05) is 19.6 Å². The molecule has 0 N–H and O–H groups in total. The lowest BCUT2D eigenvalue weighted by atomic mass is 10.0. The molecular weight excluding hydrogens is 134 g/mol. The highest BCUT2D eigenvalue weighted by molar-refractivity contribution is 5.23. The molecule has 0 bridgehead atoms. The minimum Gasteiger partial charge on any atom is -0.375 e. The van der Waals surface area contributed by atoms with E-state index in [1.165, 1.54) is 24.8 Å². The molecule has 1 nitrogen and oxygen atoms in total. The Labute approximate surface area is 69.4 Å². The molecule has 1 rings (SSSR count). The minimum absolute atomic E-state index is 1.13. The zero-order valence-corrected chi connectivity index (χ0v) is 7.40. The second-order valence-electron chi connectivity index (χ2n) is 3.28. The maximum absolute atomic E-state index is 4.01. The third-order valence-electron chi connectivity index (χ3n) is 2.34. The monoisotopic (exact) mass is 151 g/mol. The number of allylic oxidation sites excluding steroid dienone is 1. The summed E-state index contributed by atoms with van der Waals surface area (Å²) >= 11 is 0. The van der Waals surface area contributed by atoms with E-state index >= 15 is 0 Å². The lowest BCUT2D eigenvalue weighted by Crippen LogP contribution is -2.20. The second-order valence-corrected chi connectivity index (χ2v) is 3.28. The Hall–Kier alpha value is -0.720. The van der Waals surface area contributed by atoms with Gasteiger partial charge in [0.25, 0.3) is 0 Å². The summed E-state index contributed by atoms with van der Waals surface area (Å²) in [6.07, 6.45) is 5.04. The summed E-state index contributed by atoms with van der Waals surface area (Å²) < 4.78 is 0. The topological polar surface area (TPSA) is 3.24 Å². The van der Waals surface area contributed by atoms with Crippen LogP contribution in [0.2, 0.25) is 0 Å². The van der Waals surface area contributed by atoms with Crippen LogP contribution >= 0.6 is 0 Å². The molecule has 0 aromatic rings. The average molecular weight is 151 g/mol. The molecule has 1 heterocycles. The largest absolute Gasteiger partial charge is 0.375 e. The van der Waals surface area contributed by atoms with E-state index < -0.39 is 0 Å². The second kappa shape index (κ2) is 3.61. The average Bonchev–Trinajstić information content (AvgIpc) is 2.00. The van der Waals surface area contributed by atoms with E-state index in [0.29, 0.717) is 0 Å². The lowest BCUT2D eigenvalue weighted by molar-refractivity contribution is 0.391. The van der Waals surface area contributed by atoms with Crippen LogP contribution in [0.25, 0.3) is 0 Å². The van der Waals surface area contributed by atoms with Gasteiger partial charge in [-0.3, -0.25) is 0 Å². The Bertz CT molecular complexity index is 170. The Morgan fingerprint density at radius 1 is 1.18 bits per heavy atom. The van der Waals surface area contributed by atoms with Crippen molar-refractivity contribution in [2.24, 2.45) is 0 Å². The summed E-state index contributed by atoms with van der Waals surface area (Å²) in [6, 6.07) is 0. The maximum Gasteiger partial charge on any atom is 0.0317 e. The molecule has 0 amide bonds. The maximum atomic E-state index is 4.01.